The Kier molecular flexibility index (Phi) is 8.94. The third-order valence-corrected chi connectivity index (χ3v) is 10.4. The summed E-state index contributed by atoms with van der Waals surface area (Å²) >= 11 is 0. The van der Waals surface area contributed by atoms with E-state index in [4.69, 9.17) is 18.9 Å². The summed E-state index contributed by atoms with van der Waals surface area (Å²) in [5.74, 6) is -1.73. The average Bonchev–Trinajstić information content (AvgIpc) is 2.92. The number of esters is 1. The normalized spacial score (nSPS) is 34.1. The van der Waals surface area contributed by atoms with Crippen LogP contribution in [0, 0.1) is 17.3 Å². The first kappa shape index (κ1) is 32.5. The fourth-order valence-electron chi connectivity index (χ4n) is 7.56. The van der Waals surface area contributed by atoms with Gasteiger partial charge in [0, 0.05) is 29.7 Å². The van der Waals surface area contributed by atoms with Gasteiger partial charge in [0.1, 0.15) is 11.7 Å². The van der Waals surface area contributed by atoms with E-state index >= 15 is 0 Å². The molecule has 0 aromatic carbocycles. The summed E-state index contributed by atoms with van der Waals surface area (Å²) in [6.45, 7) is 18.5. The summed E-state index contributed by atoms with van der Waals surface area (Å²) in [5, 5.41) is 10.7. The van der Waals surface area contributed by atoms with Gasteiger partial charge in [0.2, 0.25) is 11.6 Å². The number of carbonyl (C=O) groups excluding carboxylic acids is 3. The maximum Gasteiger partial charge on any atom is 0.303 e. The van der Waals surface area contributed by atoms with Gasteiger partial charge in [0.15, 0.2) is 11.5 Å². The van der Waals surface area contributed by atoms with E-state index in [0.717, 1.165) is 18.4 Å². The molecule has 4 rings (SSSR count). The van der Waals surface area contributed by atoms with E-state index < -0.39 is 29.2 Å². The average molecular weight is 587 g/mol. The number of rotatable bonds is 8. The fourth-order valence-corrected chi connectivity index (χ4v) is 7.56. The lowest BCUT2D eigenvalue weighted by atomic mass is 9.53. The van der Waals surface area contributed by atoms with Gasteiger partial charge in [-0.3, -0.25) is 14.4 Å². The van der Waals surface area contributed by atoms with Gasteiger partial charge < -0.3 is 24.1 Å². The molecule has 0 bridgehead atoms. The van der Waals surface area contributed by atoms with Crippen LogP contribution in [0.3, 0.4) is 0 Å². The lowest BCUT2D eigenvalue weighted by Crippen LogP contribution is -2.62. The van der Waals surface area contributed by atoms with Crippen LogP contribution in [0.15, 0.2) is 34.3 Å². The van der Waals surface area contributed by atoms with Gasteiger partial charge >= 0.3 is 5.97 Å². The van der Waals surface area contributed by atoms with Gasteiger partial charge in [-0.1, -0.05) is 26.8 Å². The smallest absolute Gasteiger partial charge is 0.303 e. The van der Waals surface area contributed by atoms with Crippen molar-refractivity contribution in [3.05, 3.63) is 34.3 Å². The molecule has 234 valence electrons. The molecule has 2 aliphatic carbocycles. The minimum atomic E-state index is -0.942. The van der Waals surface area contributed by atoms with Gasteiger partial charge in [-0.15, -0.1) is 0 Å². The standard InChI is InChI=1S/C34H50O8/c1-11-18(3)29(40-21(6)35)20(5)26-28(37)30-22(27(36)31(26)39-19(4)12-2)17-23-33(9)15-13-24(32(7,8)38)41-25(33)14-16-34(23,10)42-30/h11,19-20,23-25,29,38H,12-17H2,1-10H3/b18-11+/t19?,20?,23-,24-,25-,29?,33-,34+/m1/s1. The van der Waals surface area contributed by atoms with E-state index in [2.05, 4.69) is 6.92 Å². The van der Waals surface area contributed by atoms with E-state index in [9.17, 15) is 19.5 Å². The first-order chi connectivity index (χ1) is 19.5. The SMILES string of the molecule is C/C=C(\C)C(OC(C)=O)C(C)C1=C(OC(C)CC)C(=O)C2=C(O[C@@]3(C)CC[C@H]4O[C@@H](C(C)(C)O)CC[C@]4(C)[C@H]3C2)C1=O. The van der Waals surface area contributed by atoms with Crippen molar-refractivity contribution < 1.29 is 38.4 Å². The van der Waals surface area contributed by atoms with Crippen molar-refractivity contribution >= 4 is 17.5 Å². The number of hydrogen-bond acceptors (Lipinski definition) is 8. The number of Topliss-reactive ketones (excluding diaryl/α,β-unsaturated/α-hetero) is 2. The van der Waals surface area contributed by atoms with E-state index in [1.165, 1.54) is 6.92 Å². The van der Waals surface area contributed by atoms with Crippen LogP contribution < -0.4 is 0 Å². The Morgan fingerprint density at radius 2 is 1.81 bits per heavy atom. The molecule has 4 aliphatic rings. The van der Waals surface area contributed by atoms with Crippen LogP contribution in [0.5, 0.6) is 0 Å². The molecule has 0 amide bonds. The zero-order chi connectivity index (χ0) is 31.4. The first-order valence-electron chi connectivity index (χ1n) is 15.6. The van der Waals surface area contributed by atoms with Gasteiger partial charge in [0.05, 0.1) is 29.5 Å². The maximum absolute atomic E-state index is 14.4. The molecule has 8 heteroatoms. The molecule has 8 atom stereocenters. The van der Waals surface area contributed by atoms with Crippen LogP contribution in [0.2, 0.25) is 0 Å². The van der Waals surface area contributed by atoms with Crippen molar-refractivity contribution in [1.82, 2.24) is 0 Å². The Labute approximate surface area is 250 Å². The summed E-state index contributed by atoms with van der Waals surface area (Å²) in [6.07, 6.45) is 4.42. The minimum Gasteiger partial charge on any atom is -0.486 e. The van der Waals surface area contributed by atoms with E-state index in [-0.39, 0.29) is 58.3 Å². The molecular weight excluding hydrogens is 536 g/mol. The van der Waals surface area contributed by atoms with Crippen LogP contribution in [0.1, 0.15) is 108 Å². The lowest BCUT2D eigenvalue weighted by molar-refractivity contribution is -0.245. The lowest BCUT2D eigenvalue weighted by Gasteiger charge is -2.60. The molecule has 0 spiro atoms. The van der Waals surface area contributed by atoms with Crippen LogP contribution in [0.4, 0.5) is 0 Å². The second-order valence-corrected chi connectivity index (χ2v) is 13.9. The molecule has 2 heterocycles. The topological polar surface area (TPSA) is 108 Å². The molecule has 2 aliphatic heterocycles. The summed E-state index contributed by atoms with van der Waals surface area (Å²) in [6, 6.07) is 0. The highest BCUT2D eigenvalue weighted by atomic mass is 16.5. The van der Waals surface area contributed by atoms with E-state index in [1.54, 1.807) is 20.8 Å². The maximum atomic E-state index is 14.4. The molecule has 1 N–H and O–H groups in total. The van der Waals surface area contributed by atoms with Crippen molar-refractivity contribution in [2.45, 2.75) is 143 Å². The summed E-state index contributed by atoms with van der Waals surface area (Å²) in [5.41, 5.74) is -0.574. The zero-order valence-corrected chi connectivity index (χ0v) is 27.1. The first-order valence-corrected chi connectivity index (χ1v) is 15.6. The Bertz CT molecular complexity index is 1220. The zero-order valence-electron chi connectivity index (χ0n) is 27.1. The van der Waals surface area contributed by atoms with E-state index in [1.807, 2.05) is 40.7 Å². The van der Waals surface area contributed by atoms with Crippen molar-refractivity contribution in [3.63, 3.8) is 0 Å². The second kappa shape index (κ2) is 11.6. The van der Waals surface area contributed by atoms with Crippen molar-refractivity contribution in [3.8, 4) is 0 Å². The molecular formula is C34H50O8. The Hall–Kier alpha value is -2.45. The number of ketones is 2. The summed E-state index contributed by atoms with van der Waals surface area (Å²) < 4.78 is 25.1. The van der Waals surface area contributed by atoms with Crippen LogP contribution in [-0.4, -0.2) is 58.3 Å². The quantitative estimate of drug-likeness (QED) is 0.213. The highest BCUT2D eigenvalue weighted by molar-refractivity contribution is 6.24. The molecule has 1 saturated carbocycles. The van der Waals surface area contributed by atoms with Gasteiger partial charge in [-0.05, 0) is 85.6 Å². The second-order valence-electron chi connectivity index (χ2n) is 13.9. The Balaban J connectivity index is 1.76. The largest absolute Gasteiger partial charge is 0.486 e. The number of ether oxygens (including phenoxy) is 4. The molecule has 8 nitrogen and oxygen atoms in total. The summed E-state index contributed by atoms with van der Waals surface area (Å²) in [7, 11) is 0. The molecule has 2 fully saturated rings. The van der Waals surface area contributed by atoms with Crippen molar-refractivity contribution in [1.29, 1.82) is 0 Å². The number of carbonyl (C=O) groups is 3. The van der Waals surface area contributed by atoms with Crippen molar-refractivity contribution in [2.75, 3.05) is 0 Å². The van der Waals surface area contributed by atoms with Crippen LogP contribution >= 0.6 is 0 Å². The van der Waals surface area contributed by atoms with Crippen molar-refractivity contribution in [2.24, 2.45) is 17.3 Å². The number of aliphatic hydroxyl groups is 1. The molecule has 1 saturated heterocycles. The number of fused-ring (bicyclic) bond motifs is 3. The Morgan fingerprint density at radius 3 is 2.38 bits per heavy atom. The van der Waals surface area contributed by atoms with Gasteiger partial charge in [-0.25, -0.2) is 0 Å². The number of allylic oxidation sites excluding steroid dienone is 3. The predicted octanol–water partition coefficient (Wildman–Crippen LogP) is 5.91. The minimum absolute atomic E-state index is 0.0355. The third kappa shape index (κ3) is 5.61. The molecule has 0 radical (unpaired) electrons. The monoisotopic (exact) mass is 586 g/mol. The molecule has 0 aromatic heterocycles. The molecule has 42 heavy (non-hydrogen) atoms. The predicted molar refractivity (Wildman–Crippen MR) is 158 cm³/mol. The fraction of sp³-hybridized carbons (Fsp3) is 0.735. The molecule has 3 unspecified atom stereocenters. The Morgan fingerprint density at radius 1 is 1.14 bits per heavy atom. The van der Waals surface area contributed by atoms with Crippen LogP contribution in [-0.2, 0) is 33.3 Å². The molecule has 0 aromatic rings. The van der Waals surface area contributed by atoms with E-state index in [0.29, 0.717) is 31.3 Å². The van der Waals surface area contributed by atoms with Gasteiger partial charge in [-0.2, -0.15) is 0 Å². The van der Waals surface area contributed by atoms with Crippen LogP contribution in [0.25, 0.3) is 0 Å². The third-order valence-electron chi connectivity index (χ3n) is 10.4. The number of hydrogen-bond donors (Lipinski definition) is 1. The highest BCUT2D eigenvalue weighted by Gasteiger charge is 2.62. The van der Waals surface area contributed by atoms with Gasteiger partial charge in [0.25, 0.3) is 0 Å². The highest BCUT2D eigenvalue weighted by Crippen LogP contribution is 2.60. The summed E-state index contributed by atoms with van der Waals surface area (Å²) in [4.78, 5) is 40.8.